The van der Waals surface area contributed by atoms with Crippen molar-refractivity contribution < 1.29 is 4.74 Å². The molecule has 0 saturated heterocycles. The Balaban J connectivity index is 2.45. The lowest BCUT2D eigenvalue weighted by Crippen LogP contribution is -2.03. The van der Waals surface area contributed by atoms with E-state index in [4.69, 9.17) is 22.1 Å². The molecular weight excluding hydrogens is 288 g/mol. The van der Waals surface area contributed by atoms with Crippen LogP contribution >= 0.6 is 11.6 Å². The number of rotatable bonds is 4. The van der Waals surface area contributed by atoms with Crippen molar-refractivity contribution in [3.63, 3.8) is 0 Å². The van der Waals surface area contributed by atoms with Gasteiger partial charge in [-0.05, 0) is 24.5 Å². The molecule has 1 heterocycles. The second-order valence-electron chi connectivity index (χ2n) is 5.35. The summed E-state index contributed by atoms with van der Waals surface area (Å²) in [5.74, 6) is 1.68. The molecule has 0 spiro atoms. The number of hydrogen-bond donors (Lipinski definition) is 2. The van der Waals surface area contributed by atoms with Crippen molar-refractivity contribution in [3.8, 4) is 5.75 Å². The Morgan fingerprint density at radius 3 is 2.57 bits per heavy atom. The van der Waals surface area contributed by atoms with Gasteiger partial charge >= 0.3 is 0 Å². The highest BCUT2D eigenvalue weighted by molar-refractivity contribution is 6.31. The van der Waals surface area contributed by atoms with Gasteiger partial charge in [-0.3, -0.25) is 4.68 Å². The quantitative estimate of drug-likeness (QED) is 0.900. The first-order chi connectivity index (χ1) is 9.85. The highest BCUT2D eigenvalue weighted by Crippen LogP contribution is 2.36. The average molecular weight is 309 g/mol. The largest absolute Gasteiger partial charge is 0.495 e. The van der Waals surface area contributed by atoms with Crippen molar-refractivity contribution >= 4 is 28.8 Å². The van der Waals surface area contributed by atoms with E-state index in [1.807, 2.05) is 20.0 Å². The standard InChI is InChI=1S/C15H21ClN4O/c1-8(2)14-13(17)15(20(4)19-14)18-11-6-9(3)10(16)7-12(11)21-5/h6-8,18H,17H2,1-5H3. The molecule has 1 aromatic carbocycles. The van der Waals surface area contributed by atoms with E-state index in [0.717, 1.165) is 22.8 Å². The molecule has 0 saturated carbocycles. The lowest BCUT2D eigenvalue weighted by molar-refractivity contribution is 0.416. The van der Waals surface area contributed by atoms with Crippen molar-refractivity contribution in [2.45, 2.75) is 26.7 Å². The smallest absolute Gasteiger partial charge is 0.152 e. The number of anilines is 3. The number of hydrogen-bond acceptors (Lipinski definition) is 4. The van der Waals surface area contributed by atoms with Crippen LogP contribution in [0.25, 0.3) is 0 Å². The van der Waals surface area contributed by atoms with Crippen molar-refractivity contribution in [2.75, 3.05) is 18.2 Å². The van der Waals surface area contributed by atoms with Crippen LogP contribution < -0.4 is 15.8 Å². The number of nitrogens with two attached hydrogens (primary N) is 1. The van der Waals surface area contributed by atoms with E-state index in [0.29, 0.717) is 16.5 Å². The predicted molar refractivity (Wildman–Crippen MR) is 87.7 cm³/mol. The predicted octanol–water partition coefficient (Wildman–Crippen LogP) is 3.84. The van der Waals surface area contributed by atoms with Gasteiger partial charge in [0.2, 0.25) is 0 Å². The SMILES string of the molecule is COc1cc(Cl)c(C)cc1Nc1c(N)c(C(C)C)nn1C. The highest BCUT2D eigenvalue weighted by atomic mass is 35.5. The Labute approximate surface area is 130 Å². The highest BCUT2D eigenvalue weighted by Gasteiger charge is 2.17. The van der Waals surface area contributed by atoms with Crippen molar-refractivity contribution in [1.29, 1.82) is 0 Å². The molecule has 6 heteroatoms. The van der Waals surface area contributed by atoms with E-state index in [2.05, 4.69) is 24.3 Å². The average Bonchev–Trinajstić information content (AvgIpc) is 2.70. The van der Waals surface area contributed by atoms with Gasteiger partial charge in [0.1, 0.15) is 5.75 Å². The fourth-order valence-corrected chi connectivity index (χ4v) is 2.35. The first-order valence-electron chi connectivity index (χ1n) is 6.78. The second kappa shape index (κ2) is 5.85. The molecule has 0 aliphatic heterocycles. The first-order valence-corrected chi connectivity index (χ1v) is 7.16. The van der Waals surface area contributed by atoms with Crippen LogP contribution in [0.15, 0.2) is 12.1 Å². The number of methoxy groups -OCH3 is 1. The summed E-state index contributed by atoms with van der Waals surface area (Å²) in [6.07, 6.45) is 0. The molecule has 114 valence electrons. The Morgan fingerprint density at radius 1 is 1.38 bits per heavy atom. The Hall–Kier alpha value is -1.88. The van der Waals surface area contributed by atoms with Crippen LogP contribution in [0.2, 0.25) is 5.02 Å². The molecule has 0 aliphatic carbocycles. The maximum Gasteiger partial charge on any atom is 0.152 e. The molecule has 0 atom stereocenters. The molecule has 3 N–H and O–H groups in total. The lowest BCUT2D eigenvalue weighted by Gasteiger charge is -2.14. The van der Waals surface area contributed by atoms with Gasteiger partial charge in [-0.25, -0.2) is 0 Å². The van der Waals surface area contributed by atoms with E-state index < -0.39 is 0 Å². The molecule has 5 nitrogen and oxygen atoms in total. The third-order valence-electron chi connectivity index (χ3n) is 3.39. The number of benzene rings is 1. The molecule has 0 fully saturated rings. The van der Waals surface area contributed by atoms with Crippen LogP contribution in [-0.2, 0) is 7.05 Å². The van der Waals surface area contributed by atoms with E-state index in [9.17, 15) is 0 Å². The number of nitrogen functional groups attached to an aromatic ring is 1. The van der Waals surface area contributed by atoms with Gasteiger partial charge in [-0.2, -0.15) is 5.10 Å². The van der Waals surface area contributed by atoms with Crippen LogP contribution in [-0.4, -0.2) is 16.9 Å². The molecule has 1 aromatic heterocycles. The van der Waals surface area contributed by atoms with Gasteiger partial charge in [-0.1, -0.05) is 25.4 Å². The van der Waals surface area contributed by atoms with Gasteiger partial charge in [0.05, 0.1) is 24.2 Å². The normalized spacial score (nSPS) is 11.0. The number of aromatic nitrogens is 2. The Kier molecular flexibility index (Phi) is 4.32. The summed E-state index contributed by atoms with van der Waals surface area (Å²) < 4.78 is 7.11. The van der Waals surface area contributed by atoms with Gasteiger partial charge in [0, 0.05) is 18.1 Å². The number of aryl methyl sites for hydroxylation is 2. The monoisotopic (exact) mass is 308 g/mol. The van der Waals surface area contributed by atoms with E-state index in [-0.39, 0.29) is 5.92 Å². The summed E-state index contributed by atoms with van der Waals surface area (Å²) in [6.45, 7) is 6.07. The molecule has 0 radical (unpaired) electrons. The molecule has 0 unspecified atom stereocenters. The van der Waals surface area contributed by atoms with Crippen molar-refractivity contribution in [2.24, 2.45) is 7.05 Å². The number of halogens is 1. The number of nitrogens with one attached hydrogen (secondary N) is 1. The zero-order valence-electron chi connectivity index (χ0n) is 13.0. The van der Waals surface area contributed by atoms with Crippen molar-refractivity contribution in [3.05, 3.63) is 28.4 Å². The van der Waals surface area contributed by atoms with Crippen LogP contribution in [0.3, 0.4) is 0 Å². The second-order valence-corrected chi connectivity index (χ2v) is 5.76. The third kappa shape index (κ3) is 2.93. The van der Waals surface area contributed by atoms with Gasteiger partial charge < -0.3 is 15.8 Å². The summed E-state index contributed by atoms with van der Waals surface area (Å²) in [7, 11) is 3.47. The van der Waals surface area contributed by atoms with Gasteiger partial charge in [-0.15, -0.1) is 0 Å². The zero-order valence-corrected chi connectivity index (χ0v) is 13.7. The molecule has 2 rings (SSSR count). The molecular formula is C15H21ClN4O. The summed E-state index contributed by atoms with van der Waals surface area (Å²) in [5, 5.41) is 8.42. The summed E-state index contributed by atoms with van der Waals surface area (Å²) in [5.41, 5.74) is 9.51. The first kappa shape index (κ1) is 15.5. The molecule has 2 aromatic rings. The minimum absolute atomic E-state index is 0.264. The van der Waals surface area contributed by atoms with Crippen LogP contribution in [0.1, 0.15) is 31.0 Å². The topological polar surface area (TPSA) is 65.1 Å². The van der Waals surface area contributed by atoms with E-state index in [1.54, 1.807) is 17.9 Å². The van der Waals surface area contributed by atoms with E-state index >= 15 is 0 Å². The lowest BCUT2D eigenvalue weighted by atomic mass is 10.1. The fourth-order valence-electron chi connectivity index (χ4n) is 2.19. The molecule has 0 aliphatic rings. The third-order valence-corrected chi connectivity index (χ3v) is 3.80. The van der Waals surface area contributed by atoms with Crippen LogP contribution in [0.4, 0.5) is 17.2 Å². The maximum absolute atomic E-state index is 6.20. The van der Waals surface area contributed by atoms with E-state index in [1.165, 1.54) is 0 Å². The van der Waals surface area contributed by atoms with Crippen LogP contribution in [0.5, 0.6) is 5.75 Å². The number of ether oxygens (including phenoxy) is 1. The summed E-state index contributed by atoms with van der Waals surface area (Å²) in [4.78, 5) is 0. The molecule has 0 amide bonds. The Morgan fingerprint density at radius 2 is 2.05 bits per heavy atom. The summed E-state index contributed by atoms with van der Waals surface area (Å²) >= 11 is 6.13. The zero-order chi connectivity index (χ0) is 15.7. The van der Waals surface area contributed by atoms with Crippen molar-refractivity contribution in [1.82, 2.24) is 9.78 Å². The van der Waals surface area contributed by atoms with Crippen LogP contribution in [0, 0.1) is 6.92 Å². The maximum atomic E-state index is 6.20. The van der Waals surface area contributed by atoms with Gasteiger partial charge in [0.25, 0.3) is 0 Å². The molecule has 0 bridgehead atoms. The minimum Gasteiger partial charge on any atom is -0.495 e. The summed E-state index contributed by atoms with van der Waals surface area (Å²) in [6, 6.07) is 3.72. The Bertz CT molecular complexity index is 664. The number of nitrogens with zero attached hydrogens (tertiary/aromatic N) is 2. The minimum atomic E-state index is 0.264. The van der Waals surface area contributed by atoms with Gasteiger partial charge in [0.15, 0.2) is 5.82 Å². The fraction of sp³-hybridized carbons (Fsp3) is 0.400. The molecule has 21 heavy (non-hydrogen) atoms.